The van der Waals surface area contributed by atoms with Crippen LogP contribution in [0, 0.1) is 0 Å². The number of hydrogen-bond donors (Lipinski definition) is 3. The minimum absolute atomic E-state index is 0.124. The molecule has 0 spiro atoms. The van der Waals surface area contributed by atoms with E-state index in [0.29, 0.717) is 40.8 Å². The average Bonchev–Trinajstić information content (AvgIpc) is 3.12. The molecule has 1 aliphatic rings. The van der Waals surface area contributed by atoms with Gasteiger partial charge in [-0.2, -0.15) is 0 Å². The number of nitrogens with one attached hydrogen (secondary N) is 1. The fourth-order valence-electron chi connectivity index (χ4n) is 3.42. The number of amides is 1. The van der Waals surface area contributed by atoms with Crippen molar-refractivity contribution in [1.29, 1.82) is 0 Å². The van der Waals surface area contributed by atoms with Gasteiger partial charge >= 0.3 is 0 Å². The van der Waals surface area contributed by atoms with E-state index in [2.05, 4.69) is 15.3 Å². The third-order valence-corrected chi connectivity index (χ3v) is 5.20. The molecule has 2 aromatic heterocycles. The van der Waals surface area contributed by atoms with Gasteiger partial charge in [-0.15, -0.1) is 0 Å². The first-order chi connectivity index (χ1) is 13.9. The lowest BCUT2D eigenvalue weighted by atomic mass is 10.1. The summed E-state index contributed by atoms with van der Waals surface area (Å²) in [6.45, 7) is 1.17. The third kappa shape index (κ3) is 4.07. The molecule has 3 heterocycles. The molecule has 1 saturated heterocycles. The van der Waals surface area contributed by atoms with Crippen molar-refractivity contribution in [1.82, 2.24) is 15.3 Å². The second kappa shape index (κ2) is 8.02. The summed E-state index contributed by atoms with van der Waals surface area (Å²) in [5.41, 5.74) is 0.882. The molecule has 1 amide bonds. The molecule has 9 heteroatoms. The molecule has 0 aliphatic carbocycles. The van der Waals surface area contributed by atoms with Gasteiger partial charge in [0.05, 0.1) is 6.10 Å². The average molecular weight is 433 g/mol. The van der Waals surface area contributed by atoms with Gasteiger partial charge in [0, 0.05) is 41.3 Å². The van der Waals surface area contributed by atoms with Crippen molar-refractivity contribution in [3.8, 4) is 5.75 Å². The molecule has 29 heavy (non-hydrogen) atoms. The van der Waals surface area contributed by atoms with Crippen LogP contribution in [0.3, 0.4) is 0 Å². The molecule has 3 N–H and O–H groups in total. The first-order valence-corrected chi connectivity index (χ1v) is 9.82. The zero-order valence-electron chi connectivity index (χ0n) is 15.3. The van der Waals surface area contributed by atoms with Gasteiger partial charge in [0.15, 0.2) is 11.4 Å². The van der Waals surface area contributed by atoms with Crippen molar-refractivity contribution in [3.05, 3.63) is 57.8 Å². The number of aliphatic hydroxyl groups excluding tert-OH is 1. The van der Waals surface area contributed by atoms with E-state index < -0.39 is 12.0 Å². The lowest BCUT2D eigenvalue weighted by Gasteiger charge is -2.20. The van der Waals surface area contributed by atoms with Crippen LogP contribution in [0.1, 0.15) is 22.5 Å². The van der Waals surface area contributed by atoms with Gasteiger partial charge in [0.1, 0.15) is 11.3 Å². The summed E-state index contributed by atoms with van der Waals surface area (Å²) in [5.74, 6) is -0.323. The normalized spacial score (nSPS) is 16.4. The van der Waals surface area contributed by atoms with Crippen molar-refractivity contribution in [2.24, 2.45) is 0 Å². The monoisotopic (exact) mass is 432 g/mol. The number of anilines is 1. The van der Waals surface area contributed by atoms with Gasteiger partial charge in [0.2, 0.25) is 0 Å². The molecular formula is C20H18Cl2N4O3. The van der Waals surface area contributed by atoms with Crippen LogP contribution in [0.4, 0.5) is 5.82 Å². The Hall–Kier alpha value is -2.61. The van der Waals surface area contributed by atoms with Crippen molar-refractivity contribution in [3.63, 3.8) is 0 Å². The summed E-state index contributed by atoms with van der Waals surface area (Å²) in [7, 11) is 0. The third-order valence-electron chi connectivity index (χ3n) is 4.77. The molecule has 1 atom stereocenters. The Bertz CT molecular complexity index is 1070. The fourth-order valence-corrected chi connectivity index (χ4v) is 3.99. The van der Waals surface area contributed by atoms with Crippen LogP contribution in [-0.4, -0.2) is 45.3 Å². The molecule has 0 bridgehead atoms. The number of nitrogens with zero attached hydrogens (tertiary/aromatic N) is 3. The number of fused-ring (bicyclic) bond motifs is 1. The van der Waals surface area contributed by atoms with Gasteiger partial charge in [0.25, 0.3) is 5.91 Å². The van der Waals surface area contributed by atoms with Gasteiger partial charge < -0.3 is 20.4 Å². The van der Waals surface area contributed by atoms with E-state index in [1.807, 2.05) is 4.90 Å². The van der Waals surface area contributed by atoms with Crippen LogP contribution in [-0.2, 0) is 6.54 Å². The molecule has 3 aromatic rings. The summed E-state index contributed by atoms with van der Waals surface area (Å²) >= 11 is 12.0. The maximum absolute atomic E-state index is 12.8. The quantitative estimate of drug-likeness (QED) is 0.585. The number of pyridine rings is 2. The summed E-state index contributed by atoms with van der Waals surface area (Å²) in [4.78, 5) is 23.3. The van der Waals surface area contributed by atoms with Gasteiger partial charge in [-0.05, 0) is 42.3 Å². The largest absolute Gasteiger partial charge is 0.504 e. The highest BCUT2D eigenvalue weighted by atomic mass is 35.5. The molecule has 1 aliphatic heterocycles. The first-order valence-electron chi connectivity index (χ1n) is 9.06. The number of rotatable bonds is 4. The van der Waals surface area contributed by atoms with E-state index in [9.17, 15) is 15.0 Å². The number of aromatic hydroxyl groups is 1. The standard InChI is InChI=1S/C20H18Cl2N4O3/c21-12-6-11(7-13(22)8-12)9-24-20(29)17-18(28)16-15(2-1-4-23-16)19(25-17)26-5-3-14(27)10-26/h1-2,4,6-8,14,27-28H,3,5,9-10H2,(H,24,29). The van der Waals surface area contributed by atoms with E-state index >= 15 is 0 Å². The van der Waals surface area contributed by atoms with Crippen LogP contribution in [0.5, 0.6) is 5.75 Å². The number of halogens is 2. The molecule has 7 nitrogen and oxygen atoms in total. The lowest BCUT2D eigenvalue weighted by molar-refractivity contribution is 0.0943. The second-order valence-electron chi connectivity index (χ2n) is 6.88. The molecule has 4 rings (SSSR count). The topological polar surface area (TPSA) is 98.6 Å². The number of carbonyl (C=O) groups is 1. The summed E-state index contributed by atoms with van der Waals surface area (Å²) in [6, 6.07) is 8.51. The predicted octanol–water partition coefficient (Wildman–Crippen LogP) is 3.14. The minimum atomic E-state index is -0.549. The van der Waals surface area contributed by atoms with Crippen LogP contribution in [0.15, 0.2) is 36.5 Å². The Morgan fingerprint density at radius 3 is 2.72 bits per heavy atom. The Kier molecular flexibility index (Phi) is 5.45. The van der Waals surface area contributed by atoms with Gasteiger partial charge in [-0.1, -0.05) is 23.2 Å². The molecular weight excluding hydrogens is 415 g/mol. The highest BCUT2D eigenvalue weighted by molar-refractivity contribution is 6.34. The van der Waals surface area contributed by atoms with Crippen LogP contribution in [0.2, 0.25) is 10.0 Å². The summed E-state index contributed by atoms with van der Waals surface area (Å²) in [6.07, 6.45) is 1.70. The van der Waals surface area contributed by atoms with Crippen molar-refractivity contribution < 1.29 is 15.0 Å². The van der Waals surface area contributed by atoms with Crippen LogP contribution >= 0.6 is 23.2 Å². The van der Waals surface area contributed by atoms with E-state index in [4.69, 9.17) is 23.2 Å². The molecule has 1 aromatic carbocycles. The molecule has 150 valence electrons. The predicted molar refractivity (Wildman–Crippen MR) is 112 cm³/mol. The molecule has 1 unspecified atom stereocenters. The fraction of sp³-hybridized carbons (Fsp3) is 0.250. The smallest absolute Gasteiger partial charge is 0.274 e. The maximum atomic E-state index is 12.8. The molecule has 0 radical (unpaired) electrons. The molecule has 0 saturated carbocycles. The Balaban J connectivity index is 1.67. The van der Waals surface area contributed by atoms with Crippen molar-refractivity contribution in [2.75, 3.05) is 18.0 Å². The number of benzene rings is 1. The number of hydrogen-bond acceptors (Lipinski definition) is 6. The maximum Gasteiger partial charge on any atom is 0.274 e. The van der Waals surface area contributed by atoms with E-state index in [1.54, 1.807) is 36.5 Å². The Morgan fingerprint density at radius 2 is 2.03 bits per heavy atom. The van der Waals surface area contributed by atoms with E-state index in [1.165, 1.54) is 0 Å². The molecule has 1 fully saturated rings. The SMILES string of the molecule is O=C(NCc1cc(Cl)cc(Cl)c1)c1nc(N2CCC(O)C2)c2cccnc2c1O. The number of carbonyl (C=O) groups excluding carboxylic acids is 1. The number of aromatic nitrogens is 2. The number of aliphatic hydroxyl groups is 1. The van der Waals surface area contributed by atoms with Crippen LogP contribution in [0.25, 0.3) is 10.9 Å². The first kappa shape index (κ1) is 19.7. The highest BCUT2D eigenvalue weighted by Crippen LogP contribution is 2.34. The van der Waals surface area contributed by atoms with Gasteiger partial charge in [-0.3, -0.25) is 9.78 Å². The Morgan fingerprint density at radius 1 is 1.28 bits per heavy atom. The zero-order valence-corrected chi connectivity index (χ0v) is 16.8. The van der Waals surface area contributed by atoms with Crippen molar-refractivity contribution in [2.45, 2.75) is 19.1 Å². The van der Waals surface area contributed by atoms with Gasteiger partial charge in [-0.25, -0.2) is 4.98 Å². The minimum Gasteiger partial charge on any atom is -0.504 e. The van der Waals surface area contributed by atoms with Crippen molar-refractivity contribution >= 4 is 45.8 Å². The van der Waals surface area contributed by atoms with Crippen LogP contribution < -0.4 is 10.2 Å². The summed E-state index contributed by atoms with van der Waals surface area (Å²) in [5, 5.41) is 24.8. The van der Waals surface area contributed by atoms with E-state index in [-0.39, 0.29) is 23.5 Å². The zero-order chi connectivity index (χ0) is 20.5. The Labute approximate surface area is 176 Å². The highest BCUT2D eigenvalue weighted by Gasteiger charge is 2.27. The number of β-amino-alcohol motifs (C(OH)–C–C–N with tert-alkyl or cyclic N) is 1. The van der Waals surface area contributed by atoms with E-state index in [0.717, 1.165) is 5.56 Å². The second-order valence-corrected chi connectivity index (χ2v) is 7.75. The summed E-state index contributed by atoms with van der Waals surface area (Å²) < 4.78 is 0. The lowest BCUT2D eigenvalue weighted by Crippen LogP contribution is -2.27.